The molecule has 16 heavy (non-hydrogen) atoms. The maximum absolute atomic E-state index is 10.8. The molecule has 0 heterocycles. The van der Waals surface area contributed by atoms with Crippen LogP contribution in [-0.2, 0) is 4.79 Å². The lowest BCUT2D eigenvalue weighted by Crippen LogP contribution is -2.32. The van der Waals surface area contributed by atoms with Crippen molar-refractivity contribution in [1.82, 2.24) is 5.32 Å². The van der Waals surface area contributed by atoms with Gasteiger partial charge in [0.1, 0.15) is 0 Å². The van der Waals surface area contributed by atoms with Gasteiger partial charge in [0, 0.05) is 12.5 Å². The molecule has 94 valence electrons. The first-order chi connectivity index (χ1) is 7.58. The first-order valence-electron chi connectivity index (χ1n) is 6.53. The Morgan fingerprint density at radius 1 is 1.38 bits per heavy atom. The Morgan fingerprint density at radius 3 is 2.50 bits per heavy atom. The van der Waals surface area contributed by atoms with Gasteiger partial charge in [-0.3, -0.25) is 4.79 Å². The molecule has 1 unspecified atom stereocenters. The van der Waals surface area contributed by atoms with Crippen molar-refractivity contribution < 1.29 is 9.90 Å². The van der Waals surface area contributed by atoms with Crippen LogP contribution in [0.2, 0.25) is 0 Å². The highest BCUT2D eigenvalue weighted by atomic mass is 16.4. The van der Waals surface area contributed by atoms with Crippen LogP contribution in [0.4, 0.5) is 0 Å². The topological polar surface area (TPSA) is 49.3 Å². The van der Waals surface area contributed by atoms with Gasteiger partial charge in [-0.1, -0.05) is 26.7 Å². The molecule has 0 bridgehead atoms. The van der Waals surface area contributed by atoms with E-state index >= 15 is 0 Å². The minimum Gasteiger partial charge on any atom is -0.481 e. The molecular weight excluding hydrogens is 202 g/mol. The van der Waals surface area contributed by atoms with E-state index in [-0.39, 0.29) is 5.92 Å². The van der Waals surface area contributed by atoms with Crippen LogP contribution in [0, 0.1) is 11.8 Å². The molecule has 1 atom stereocenters. The predicted octanol–water partition coefficient (Wildman–Crippen LogP) is 2.66. The highest BCUT2D eigenvalue weighted by molar-refractivity contribution is 5.67. The van der Waals surface area contributed by atoms with Gasteiger partial charge in [-0.25, -0.2) is 0 Å². The van der Waals surface area contributed by atoms with Gasteiger partial charge in [-0.05, 0) is 37.6 Å². The normalized spacial score (nSPS) is 19.2. The van der Waals surface area contributed by atoms with Gasteiger partial charge in [0.25, 0.3) is 0 Å². The summed E-state index contributed by atoms with van der Waals surface area (Å²) in [5.41, 5.74) is 0. The Balaban J connectivity index is 2.27. The van der Waals surface area contributed by atoms with Crippen LogP contribution < -0.4 is 5.32 Å². The van der Waals surface area contributed by atoms with Crippen LogP contribution in [0.15, 0.2) is 0 Å². The fraction of sp³-hybridized carbons (Fsp3) is 0.923. The predicted molar refractivity (Wildman–Crippen MR) is 65.5 cm³/mol. The average molecular weight is 227 g/mol. The Labute approximate surface area is 98.6 Å². The van der Waals surface area contributed by atoms with E-state index in [1.165, 1.54) is 25.7 Å². The summed E-state index contributed by atoms with van der Waals surface area (Å²) in [6, 6.07) is 0.642. The van der Waals surface area contributed by atoms with E-state index in [9.17, 15) is 4.79 Å². The molecule has 0 radical (unpaired) electrons. The van der Waals surface area contributed by atoms with Crippen molar-refractivity contribution in [1.29, 1.82) is 0 Å². The van der Waals surface area contributed by atoms with E-state index in [4.69, 9.17) is 5.11 Å². The molecule has 1 aliphatic carbocycles. The average Bonchev–Trinajstić information content (AvgIpc) is 2.64. The summed E-state index contributed by atoms with van der Waals surface area (Å²) in [6.07, 6.45) is 6.49. The maximum Gasteiger partial charge on any atom is 0.303 e. The second-order valence-corrected chi connectivity index (χ2v) is 5.48. The van der Waals surface area contributed by atoms with Crippen molar-refractivity contribution in [3.8, 4) is 0 Å². The first-order valence-corrected chi connectivity index (χ1v) is 6.53. The third kappa shape index (κ3) is 5.50. The number of carbonyl (C=O) groups is 1. The van der Waals surface area contributed by atoms with Gasteiger partial charge < -0.3 is 10.4 Å². The molecule has 1 fully saturated rings. The van der Waals surface area contributed by atoms with Crippen molar-refractivity contribution in [2.75, 3.05) is 6.54 Å². The first kappa shape index (κ1) is 13.5. The Bertz CT molecular complexity index is 210. The summed E-state index contributed by atoms with van der Waals surface area (Å²) in [4.78, 5) is 10.8. The Kier molecular flexibility index (Phi) is 5.81. The zero-order valence-electron chi connectivity index (χ0n) is 10.5. The number of rotatable bonds is 7. The minimum absolute atomic E-state index is 0.290. The van der Waals surface area contributed by atoms with Crippen LogP contribution >= 0.6 is 0 Å². The van der Waals surface area contributed by atoms with Crippen LogP contribution in [0.3, 0.4) is 0 Å². The number of hydrogen-bond donors (Lipinski definition) is 2. The standard InChI is InChI=1S/C13H25NO2/c1-10(2)7-11(8-13(15)16)9-14-12-5-3-4-6-12/h10-12,14H,3-9H2,1-2H3,(H,15,16). The van der Waals surface area contributed by atoms with Gasteiger partial charge in [0.05, 0.1) is 0 Å². The van der Waals surface area contributed by atoms with Gasteiger partial charge in [0.2, 0.25) is 0 Å². The molecule has 0 spiro atoms. The lowest BCUT2D eigenvalue weighted by Gasteiger charge is -2.20. The minimum atomic E-state index is -0.668. The molecule has 1 rings (SSSR count). The Hall–Kier alpha value is -0.570. The molecule has 0 aromatic carbocycles. The summed E-state index contributed by atoms with van der Waals surface area (Å²) in [5.74, 6) is 0.201. The third-order valence-corrected chi connectivity index (χ3v) is 3.32. The molecule has 2 N–H and O–H groups in total. The van der Waals surface area contributed by atoms with Crippen LogP contribution in [0.5, 0.6) is 0 Å². The molecule has 1 aliphatic rings. The highest BCUT2D eigenvalue weighted by Crippen LogP contribution is 2.20. The van der Waals surface area contributed by atoms with Gasteiger partial charge in [0.15, 0.2) is 0 Å². The number of nitrogens with one attached hydrogen (secondary N) is 1. The van der Waals surface area contributed by atoms with E-state index in [1.54, 1.807) is 0 Å². The van der Waals surface area contributed by atoms with Crippen molar-refractivity contribution in [3.05, 3.63) is 0 Å². The van der Waals surface area contributed by atoms with Crippen molar-refractivity contribution >= 4 is 5.97 Å². The molecule has 3 nitrogen and oxygen atoms in total. The summed E-state index contributed by atoms with van der Waals surface area (Å²) in [7, 11) is 0. The van der Waals surface area contributed by atoms with Crippen molar-refractivity contribution in [3.63, 3.8) is 0 Å². The summed E-state index contributed by atoms with van der Waals surface area (Å²) in [6.45, 7) is 5.18. The molecule has 0 amide bonds. The quantitative estimate of drug-likeness (QED) is 0.703. The van der Waals surface area contributed by atoms with Crippen molar-refractivity contribution in [2.24, 2.45) is 11.8 Å². The van der Waals surface area contributed by atoms with Crippen molar-refractivity contribution in [2.45, 2.75) is 58.4 Å². The second kappa shape index (κ2) is 6.89. The molecule has 3 heteroatoms. The van der Waals surface area contributed by atoms with E-state index < -0.39 is 5.97 Å². The van der Waals surface area contributed by atoms with Gasteiger partial charge in [-0.15, -0.1) is 0 Å². The fourth-order valence-corrected chi connectivity index (χ4v) is 2.62. The SMILES string of the molecule is CC(C)CC(CNC1CCCC1)CC(=O)O. The second-order valence-electron chi connectivity index (χ2n) is 5.48. The van der Waals surface area contributed by atoms with E-state index in [0.717, 1.165) is 13.0 Å². The molecule has 0 aromatic rings. The summed E-state index contributed by atoms with van der Waals surface area (Å²) < 4.78 is 0. The van der Waals surface area contributed by atoms with Crippen LogP contribution in [0.25, 0.3) is 0 Å². The maximum atomic E-state index is 10.8. The smallest absolute Gasteiger partial charge is 0.303 e. The summed E-state index contributed by atoms with van der Waals surface area (Å²) >= 11 is 0. The number of aliphatic carboxylic acids is 1. The highest BCUT2D eigenvalue weighted by Gasteiger charge is 2.19. The largest absolute Gasteiger partial charge is 0.481 e. The van der Waals surface area contributed by atoms with Gasteiger partial charge >= 0.3 is 5.97 Å². The van der Waals surface area contributed by atoms with E-state index in [0.29, 0.717) is 18.4 Å². The lowest BCUT2D eigenvalue weighted by molar-refractivity contribution is -0.138. The van der Waals surface area contributed by atoms with Crippen LogP contribution in [-0.4, -0.2) is 23.7 Å². The number of carboxylic acids is 1. The zero-order chi connectivity index (χ0) is 12.0. The van der Waals surface area contributed by atoms with Gasteiger partial charge in [-0.2, -0.15) is 0 Å². The molecule has 0 aliphatic heterocycles. The molecule has 0 saturated heterocycles. The fourth-order valence-electron chi connectivity index (χ4n) is 2.62. The lowest BCUT2D eigenvalue weighted by atomic mass is 9.94. The number of carboxylic acid groups (broad SMARTS) is 1. The van der Waals surface area contributed by atoms with Crippen LogP contribution in [0.1, 0.15) is 52.4 Å². The molecular formula is C13H25NO2. The Morgan fingerprint density at radius 2 is 2.00 bits per heavy atom. The molecule has 0 aromatic heterocycles. The van der Waals surface area contributed by atoms with E-state index in [2.05, 4.69) is 19.2 Å². The molecule has 1 saturated carbocycles. The number of hydrogen-bond acceptors (Lipinski definition) is 2. The van der Waals surface area contributed by atoms with E-state index in [1.807, 2.05) is 0 Å². The monoisotopic (exact) mass is 227 g/mol. The zero-order valence-corrected chi connectivity index (χ0v) is 10.5. The third-order valence-electron chi connectivity index (χ3n) is 3.32. The summed E-state index contributed by atoms with van der Waals surface area (Å²) in [5, 5.41) is 12.4.